The van der Waals surface area contributed by atoms with Crippen LogP contribution in [0.3, 0.4) is 0 Å². The van der Waals surface area contributed by atoms with Crippen LogP contribution in [0.15, 0.2) is 59.3 Å². The smallest absolute Gasteiger partial charge is 0.251 e. The molecular weight excluding hydrogens is 460 g/mol. The van der Waals surface area contributed by atoms with E-state index in [9.17, 15) is 4.79 Å². The molecule has 1 fully saturated rings. The number of amides is 1. The van der Waals surface area contributed by atoms with Crippen LogP contribution < -0.4 is 19.6 Å². The van der Waals surface area contributed by atoms with Crippen molar-refractivity contribution >= 4 is 5.91 Å². The van der Waals surface area contributed by atoms with Crippen molar-refractivity contribution in [1.82, 2.24) is 20.3 Å². The van der Waals surface area contributed by atoms with Crippen LogP contribution in [0.1, 0.15) is 36.4 Å². The van der Waals surface area contributed by atoms with E-state index in [1.165, 1.54) is 0 Å². The van der Waals surface area contributed by atoms with E-state index in [1.54, 1.807) is 25.3 Å². The first-order valence-corrected chi connectivity index (χ1v) is 12.0. The molecule has 2 aliphatic rings. The summed E-state index contributed by atoms with van der Waals surface area (Å²) in [5.74, 6) is 3.07. The van der Waals surface area contributed by atoms with Crippen molar-refractivity contribution in [3.8, 4) is 28.7 Å². The number of hydrazine groups is 1. The molecule has 3 heterocycles. The molecule has 2 aliphatic heterocycles. The Labute approximate surface area is 210 Å². The van der Waals surface area contributed by atoms with Gasteiger partial charge in [-0.2, -0.15) is 0 Å². The standard InChI is InChI=1S/C27H30N4O5/c1-5-35-19-11-9-18(10-12-19)21-15-23-27(32)30(13-14-31(23)29-21)16-22-17(2)36-26(28-22)20-7-6-8-24(33-3)25(20)34-4/h6-14,21,23,29H,5,15-16H2,1-4H3. The first-order valence-electron chi connectivity index (χ1n) is 12.0. The molecule has 2 atom stereocenters. The second kappa shape index (κ2) is 9.94. The summed E-state index contributed by atoms with van der Waals surface area (Å²) in [4.78, 5) is 19.8. The van der Waals surface area contributed by atoms with Gasteiger partial charge in [-0.3, -0.25) is 4.79 Å². The summed E-state index contributed by atoms with van der Waals surface area (Å²) in [5.41, 5.74) is 5.93. The second-order valence-corrected chi connectivity index (χ2v) is 8.67. The number of nitrogens with zero attached hydrogens (tertiary/aromatic N) is 3. The molecule has 1 N–H and O–H groups in total. The van der Waals surface area contributed by atoms with E-state index in [0.717, 1.165) is 11.3 Å². The third-order valence-electron chi connectivity index (χ3n) is 6.51. The summed E-state index contributed by atoms with van der Waals surface area (Å²) < 4.78 is 22.4. The van der Waals surface area contributed by atoms with E-state index in [-0.39, 0.29) is 18.0 Å². The van der Waals surface area contributed by atoms with Gasteiger partial charge in [-0.15, -0.1) is 0 Å². The van der Waals surface area contributed by atoms with Crippen molar-refractivity contribution < 1.29 is 23.4 Å². The summed E-state index contributed by atoms with van der Waals surface area (Å²) >= 11 is 0. The second-order valence-electron chi connectivity index (χ2n) is 8.67. The molecule has 9 heteroatoms. The number of carbonyl (C=O) groups excluding carboxylic acids is 1. The van der Waals surface area contributed by atoms with E-state index < -0.39 is 0 Å². The Bertz CT molecular complexity index is 1270. The molecule has 0 bridgehead atoms. The molecule has 1 saturated heterocycles. The molecule has 0 aliphatic carbocycles. The van der Waals surface area contributed by atoms with Gasteiger partial charge in [-0.05, 0) is 50.1 Å². The number of oxazole rings is 1. The van der Waals surface area contributed by atoms with Crippen LogP contribution in [0, 0.1) is 6.92 Å². The Morgan fingerprint density at radius 1 is 1.11 bits per heavy atom. The van der Waals surface area contributed by atoms with Crippen molar-refractivity contribution in [2.45, 2.75) is 38.9 Å². The summed E-state index contributed by atoms with van der Waals surface area (Å²) in [6.07, 6.45) is 4.35. The van der Waals surface area contributed by atoms with Gasteiger partial charge in [-0.1, -0.05) is 18.2 Å². The number of ether oxygens (including phenoxy) is 3. The highest BCUT2D eigenvalue weighted by molar-refractivity contribution is 5.84. The van der Waals surface area contributed by atoms with Crippen LogP contribution >= 0.6 is 0 Å². The SMILES string of the molecule is CCOc1ccc(C2CC3C(=O)N(Cc4nc(-c5cccc(OC)c5OC)oc4C)C=CN3N2)cc1. The van der Waals surface area contributed by atoms with Crippen molar-refractivity contribution in [2.24, 2.45) is 0 Å². The Hall–Kier alpha value is -3.98. The average Bonchev–Trinajstić information content (AvgIpc) is 3.50. The number of aromatic nitrogens is 1. The van der Waals surface area contributed by atoms with Gasteiger partial charge in [0.2, 0.25) is 5.89 Å². The lowest BCUT2D eigenvalue weighted by Crippen LogP contribution is -2.47. The molecule has 188 valence electrons. The van der Waals surface area contributed by atoms with Gasteiger partial charge < -0.3 is 28.5 Å². The number of nitrogens with one attached hydrogen (secondary N) is 1. The molecular formula is C27H30N4O5. The minimum atomic E-state index is -0.295. The van der Waals surface area contributed by atoms with E-state index >= 15 is 0 Å². The molecule has 5 rings (SSSR count). The molecule has 1 aromatic heterocycles. The van der Waals surface area contributed by atoms with Crippen molar-refractivity contribution in [3.05, 3.63) is 71.9 Å². The first-order chi connectivity index (χ1) is 17.5. The molecule has 0 radical (unpaired) electrons. The van der Waals surface area contributed by atoms with E-state index in [4.69, 9.17) is 23.6 Å². The molecule has 1 amide bonds. The fraction of sp³-hybridized carbons (Fsp3) is 0.333. The summed E-state index contributed by atoms with van der Waals surface area (Å²) in [7, 11) is 3.17. The lowest BCUT2D eigenvalue weighted by molar-refractivity contribution is -0.135. The Morgan fingerprint density at radius 3 is 2.64 bits per heavy atom. The number of aryl methyl sites for hydroxylation is 1. The number of methoxy groups -OCH3 is 2. The van der Waals surface area contributed by atoms with E-state index in [0.29, 0.717) is 54.0 Å². The monoisotopic (exact) mass is 490 g/mol. The fourth-order valence-corrected chi connectivity index (χ4v) is 4.65. The minimum absolute atomic E-state index is 0.0151. The van der Waals surface area contributed by atoms with Crippen molar-refractivity contribution in [1.29, 1.82) is 0 Å². The van der Waals surface area contributed by atoms with Crippen LogP contribution in [0.4, 0.5) is 0 Å². The molecule has 36 heavy (non-hydrogen) atoms. The number of fused-ring (bicyclic) bond motifs is 1. The van der Waals surface area contributed by atoms with Gasteiger partial charge in [-0.25, -0.2) is 10.4 Å². The number of para-hydroxylation sites is 1. The number of carbonyl (C=O) groups is 1. The van der Waals surface area contributed by atoms with Crippen LogP contribution in [0.25, 0.3) is 11.5 Å². The average molecular weight is 491 g/mol. The predicted molar refractivity (Wildman–Crippen MR) is 133 cm³/mol. The number of hydrogen-bond acceptors (Lipinski definition) is 8. The van der Waals surface area contributed by atoms with Gasteiger partial charge in [0, 0.05) is 12.4 Å². The maximum absolute atomic E-state index is 13.4. The third kappa shape index (κ3) is 4.37. The zero-order valence-corrected chi connectivity index (χ0v) is 20.9. The van der Waals surface area contributed by atoms with E-state index in [1.807, 2.05) is 67.5 Å². The zero-order chi connectivity index (χ0) is 25.2. The summed E-state index contributed by atoms with van der Waals surface area (Å²) in [6, 6.07) is 13.3. The first kappa shape index (κ1) is 23.7. The lowest BCUT2D eigenvalue weighted by Gasteiger charge is -2.31. The summed E-state index contributed by atoms with van der Waals surface area (Å²) in [5, 5.41) is 1.89. The van der Waals surface area contributed by atoms with Crippen molar-refractivity contribution in [3.63, 3.8) is 0 Å². The lowest BCUT2D eigenvalue weighted by atomic mass is 10.0. The number of rotatable bonds is 8. The van der Waals surface area contributed by atoms with Gasteiger partial charge in [0.05, 0.1) is 39.0 Å². The number of hydrogen-bond donors (Lipinski definition) is 1. The van der Waals surface area contributed by atoms with Crippen LogP contribution in [-0.4, -0.2) is 47.7 Å². The van der Waals surface area contributed by atoms with Crippen LogP contribution in [0.5, 0.6) is 17.2 Å². The highest BCUT2D eigenvalue weighted by atomic mass is 16.5. The quantitative estimate of drug-likeness (QED) is 0.503. The number of benzene rings is 2. The van der Waals surface area contributed by atoms with Crippen LogP contribution in [0.2, 0.25) is 0 Å². The topological polar surface area (TPSA) is 89.3 Å². The zero-order valence-electron chi connectivity index (χ0n) is 20.9. The molecule has 2 unspecified atom stereocenters. The van der Waals surface area contributed by atoms with E-state index in [2.05, 4.69) is 5.43 Å². The minimum Gasteiger partial charge on any atom is -0.494 e. The van der Waals surface area contributed by atoms with Gasteiger partial charge in [0.15, 0.2) is 11.5 Å². The van der Waals surface area contributed by atoms with Gasteiger partial charge in [0.25, 0.3) is 5.91 Å². The third-order valence-corrected chi connectivity index (χ3v) is 6.51. The molecule has 0 saturated carbocycles. The highest BCUT2D eigenvalue weighted by Crippen LogP contribution is 2.38. The Morgan fingerprint density at radius 2 is 1.92 bits per heavy atom. The molecule has 3 aromatic rings. The maximum Gasteiger partial charge on any atom is 0.251 e. The fourth-order valence-electron chi connectivity index (χ4n) is 4.65. The van der Waals surface area contributed by atoms with Crippen molar-refractivity contribution in [2.75, 3.05) is 20.8 Å². The van der Waals surface area contributed by atoms with Gasteiger partial charge >= 0.3 is 0 Å². The normalized spacial score (nSPS) is 18.9. The highest BCUT2D eigenvalue weighted by Gasteiger charge is 2.40. The Kier molecular flexibility index (Phi) is 6.56. The summed E-state index contributed by atoms with van der Waals surface area (Å²) in [6.45, 7) is 4.76. The molecule has 0 spiro atoms. The molecule has 2 aromatic carbocycles. The largest absolute Gasteiger partial charge is 0.494 e. The predicted octanol–water partition coefficient (Wildman–Crippen LogP) is 4.20. The maximum atomic E-state index is 13.4. The Balaban J connectivity index is 1.31. The molecule has 9 nitrogen and oxygen atoms in total. The van der Waals surface area contributed by atoms with Crippen LogP contribution in [-0.2, 0) is 11.3 Å². The van der Waals surface area contributed by atoms with Gasteiger partial charge in [0.1, 0.15) is 23.2 Å².